The second kappa shape index (κ2) is 5.89. The van der Waals surface area contributed by atoms with Gasteiger partial charge in [0, 0.05) is 6.20 Å². The van der Waals surface area contributed by atoms with E-state index in [1.807, 2.05) is 36.4 Å². The fourth-order valence-electron chi connectivity index (χ4n) is 2.43. The van der Waals surface area contributed by atoms with E-state index in [1.54, 1.807) is 24.9 Å². The molecule has 8 heteroatoms. The summed E-state index contributed by atoms with van der Waals surface area (Å²) in [5.41, 5.74) is 1.51. The van der Waals surface area contributed by atoms with Crippen molar-refractivity contribution in [2.24, 2.45) is 0 Å². The van der Waals surface area contributed by atoms with Crippen LogP contribution in [0, 0.1) is 0 Å². The maximum absolute atomic E-state index is 5.46. The summed E-state index contributed by atoms with van der Waals surface area (Å²) >= 11 is 1.42. The summed E-state index contributed by atoms with van der Waals surface area (Å²) in [5, 5.41) is 13.8. The van der Waals surface area contributed by atoms with E-state index < -0.39 is 0 Å². The van der Waals surface area contributed by atoms with Crippen LogP contribution in [0.4, 0.5) is 0 Å². The molecule has 1 aromatic carbocycles. The summed E-state index contributed by atoms with van der Waals surface area (Å²) in [6, 6.07) is 11.3. The largest absolute Gasteiger partial charge is 0.496 e. The van der Waals surface area contributed by atoms with Crippen LogP contribution in [0.2, 0.25) is 0 Å². The first kappa shape index (κ1) is 14.6. The fraction of sp³-hybridized carbons (Fsp3) is 0.125. The van der Waals surface area contributed by atoms with Crippen molar-refractivity contribution in [3.05, 3.63) is 42.6 Å². The Bertz CT molecular complexity index is 974. The first-order valence-electron chi connectivity index (χ1n) is 7.17. The Hall–Kier alpha value is -3.00. The molecule has 0 spiro atoms. The molecule has 0 amide bonds. The van der Waals surface area contributed by atoms with Gasteiger partial charge >= 0.3 is 0 Å². The minimum atomic E-state index is 0.599. The first-order valence-corrected chi connectivity index (χ1v) is 7.98. The number of fused-ring (bicyclic) bond motifs is 1. The van der Waals surface area contributed by atoms with Crippen molar-refractivity contribution in [2.75, 3.05) is 14.2 Å². The van der Waals surface area contributed by atoms with E-state index in [4.69, 9.17) is 9.47 Å². The van der Waals surface area contributed by atoms with Gasteiger partial charge in [-0.05, 0) is 24.3 Å². The van der Waals surface area contributed by atoms with Gasteiger partial charge < -0.3 is 9.47 Å². The summed E-state index contributed by atoms with van der Waals surface area (Å²) in [6.45, 7) is 0. The first-order chi connectivity index (χ1) is 11.8. The molecule has 0 aliphatic heterocycles. The fourth-order valence-corrected chi connectivity index (χ4v) is 3.33. The SMILES string of the molecule is COc1cccc(OC)c1-c1nn2c(-c3ccccn3)nnc2s1. The van der Waals surface area contributed by atoms with E-state index >= 15 is 0 Å². The van der Waals surface area contributed by atoms with Crippen LogP contribution in [0.15, 0.2) is 42.6 Å². The Morgan fingerprint density at radius 2 is 1.75 bits per heavy atom. The number of methoxy groups -OCH3 is 2. The van der Waals surface area contributed by atoms with Gasteiger partial charge in [0.2, 0.25) is 10.8 Å². The van der Waals surface area contributed by atoms with Gasteiger partial charge in [-0.25, -0.2) is 0 Å². The molecule has 7 nitrogen and oxygen atoms in total. The predicted octanol–water partition coefficient (Wildman–Crippen LogP) is 2.93. The van der Waals surface area contributed by atoms with Gasteiger partial charge in [-0.15, -0.1) is 10.2 Å². The zero-order chi connectivity index (χ0) is 16.5. The highest BCUT2D eigenvalue weighted by Gasteiger charge is 2.20. The maximum atomic E-state index is 5.46. The summed E-state index contributed by atoms with van der Waals surface area (Å²) in [6.07, 6.45) is 1.72. The van der Waals surface area contributed by atoms with Crippen molar-refractivity contribution in [1.29, 1.82) is 0 Å². The lowest BCUT2D eigenvalue weighted by Gasteiger charge is -2.10. The monoisotopic (exact) mass is 339 g/mol. The van der Waals surface area contributed by atoms with Gasteiger partial charge in [-0.1, -0.05) is 23.5 Å². The smallest absolute Gasteiger partial charge is 0.235 e. The second-order valence-corrected chi connectivity index (χ2v) is 5.83. The zero-order valence-corrected chi connectivity index (χ0v) is 13.8. The van der Waals surface area contributed by atoms with Crippen LogP contribution < -0.4 is 9.47 Å². The normalized spacial score (nSPS) is 10.9. The molecule has 24 heavy (non-hydrogen) atoms. The highest BCUT2D eigenvalue weighted by molar-refractivity contribution is 7.19. The minimum Gasteiger partial charge on any atom is -0.496 e. The lowest BCUT2D eigenvalue weighted by Crippen LogP contribution is -1.95. The van der Waals surface area contributed by atoms with E-state index in [2.05, 4.69) is 20.3 Å². The van der Waals surface area contributed by atoms with E-state index in [0.29, 0.717) is 28.0 Å². The standard InChI is InChI=1S/C16H13N5O2S/c1-22-11-7-5-8-12(23-2)13(11)15-20-21-14(18-19-16(21)24-15)10-6-3-4-9-17-10/h3-9H,1-2H3. The molecule has 0 saturated heterocycles. The number of pyridine rings is 1. The van der Waals surface area contributed by atoms with Crippen molar-refractivity contribution in [1.82, 2.24) is 24.8 Å². The number of hydrogen-bond donors (Lipinski definition) is 0. The molecule has 0 unspecified atom stereocenters. The van der Waals surface area contributed by atoms with Crippen molar-refractivity contribution < 1.29 is 9.47 Å². The third-order valence-electron chi connectivity index (χ3n) is 3.53. The van der Waals surface area contributed by atoms with Crippen LogP contribution in [0.25, 0.3) is 27.1 Å². The molecule has 120 valence electrons. The number of hydrogen-bond acceptors (Lipinski definition) is 7. The van der Waals surface area contributed by atoms with Crippen molar-refractivity contribution in [3.63, 3.8) is 0 Å². The Balaban J connectivity index is 1.90. The van der Waals surface area contributed by atoms with Crippen LogP contribution in [0.1, 0.15) is 0 Å². The average Bonchev–Trinajstić information content (AvgIpc) is 3.22. The van der Waals surface area contributed by atoms with Crippen molar-refractivity contribution in [2.45, 2.75) is 0 Å². The summed E-state index contributed by atoms with van der Waals surface area (Å²) in [7, 11) is 3.25. The second-order valence-electron chi connectivity index (χ2n) is 4.88. The predicted molar refractivity (Wildman–Crippen MR) is 90.4 cm³/mol. The quantitative estimate of drug-likeness (QED) is 0.569. The van der Waals surface area contributed by atoms with Gasteiger partial charge in [0.15, 0.2) is 5.01 Å². The molecule has 0 saturated carbocycles. The van der Waals surface area contributed by atoms with Crippen molar-refractivity contribution >= 4 is 16.3 Å². The highest BCUT2D eigenvalue weighted by Crippen LogP contribution is 2.40. The number of benzene rings is 1. The van der Waals surface area contributed by atoms with E-state index in [0.717, 1.165) is 10.6 Å². The van der Waals surface area contributed by atoms with Crippen LogP contribution in [0.3, 0.4) is 0 Å². The molecule has 0 bridgehead atoms. The molecule has 0 atom stereocenters. The molecule has 3 aromatic heterocycles. The molecule has 0 aliphatic carbocycles. The average molecular weight is 339 g/mol. The van der Waals surface area contributed by atoms with Crippen molar-refractivity contribution in [3.8, 4) is 33.6 Å². The van der Waals surface area contributed by atoms with Crippen LogP contribution in [-0.4, -0.2) is 39.0 Å². The van der Waals surface area contributed by atoms with Gasteiger partial charge in [-0.2, -0.15) is 9.61 Å². The topological polar surface area (TPSA) is 74.4 Å². The number of nitrogens with zero attached hydrogens (tertiary/aromatic N) is 5. The van der Waals surface area contributed by atoms with E-state index in [1.165, 1.54) is 11.3 Å². The zero-order valence-electron chi connectivity index (χ0n) is 13.0. The molecule has 0 fully saturated rings. The third-order valence-corrected chi connectivity index (χ3v) is 4.44. The molecule has 4 aromatic rings. The van der Waals surface area contributed by atoms with E-state index in [9.17, 15) is 0 Å². The van der Waals surface area contributed by atoms with Crippen LogP contribution >= 0.6 is 11.3 Å². The molecule has 0 N–H and O–H groups in total. The van der Waals surface area contributed by atoms with Gasteiger partial charge in [0.1, 0.15) is 17.2 Å². The molecule has 4 rings (SSSR count). The minimum absolute atomic E-state index is 0.599. The summed E-state index contributed by atoms with van der Waals surface area (Å²) in [4.78, 5) is 4.99. The number of rotatable bonds is 4. The van der Waals surface area contributed by atoms with Crippen LogP contribution in [-0.2, 0) is 0 Å². The molecule has 0 radical (unpaired) electrons. The Morgan fingerprint density at radius 1 is 0.958 bits per heavy atom. The Kier molecular flexibility index (Phi) is 3.58. The Morgan fingerprint density at radius 3 is 2.42 bits per heavy atom. The Labute approximate surface area is 141 Å². The molecular weight excluding hydrogens is 326 g/mol. The third kappa shape index (κ3) is 2.28. The molecule has 3 heterocycles. The summed E-state index contributed by atoms with van der Waals surface area (Å²) < 4.78 is 12.6. The van der Waals surface area contributed by atoms with Gasteiger partial charge in [0.05, 0.1) is 19.8 Å². The highest BCUT2D eigenvalue weighted by atomic mass is 32.1. The molecule has 0 aliphatic rings. The number of aromatic nitrogens is 5. The molecular formula is C16H13N5O2S. The van der Waals surface area contributed by atoms with Gasteiger partial charge in [-0.3, -0.25) is 4.98 Å². The lowest BCUT2D eigenvalue weighted by molar-refractivity contribution is 0.397. The summed E-state index contributed by atoms with van der Waals surface area (Å²) in [5.74, 6) is 1.99. The van der Waals surface area contributed by atoms with E-state index in [-0.39, 0.29) is 0 Å². The van der Waals surface area contributed by atoms with Gasteiger partial charge in [0.25, 0.3) is 0 Å². The number of ether oxygens (including phenoxy) is 2. The lowest BCUT2D eigenvalue weighted by atomic mass is 10.2. The van der Waals surface area contributed by atoms with Crippen LogP contribution in [0.5, 0.6) is 11.5 Å². The maximum Gasteiger partial charge on any atom is 0.235 e.